The van der Waals surface area contributed by atoms with Gasteiger partial charge in [0.1, 0.15) is 0 Å². The molecule has 0 aromatic heterocycles. The Morgan fingerprint density at radius 2 is 1.50 bits per heavy atom. The Morgan fingerprint density at radius 3 is 2.07 bits per heavy atom. The van der Waals surface area contributed by atoms with Gasteiger partial charge in [-0.15, -0.1) is 0 Å². The summed E-state index contributed by atoms with van der Waals surface area (Å²) in [5.41, 5.74) is 1.54. The summed E-state index contributed by atoms with van der Waals surface area (Å²) < 4.78 is 1.34. The van der Waals surface area contributed by atoms with E-state index in [0.29, 0.717) is 5.92 Å². The van der Waals surface area contributed by atoms with Gasteiger partial charge < -0.3 is 14.7 Å². The second-order valence-electron chi connectivity index (χ2n) is 9.83. The van der Waals surface area contributed by atoms with Crippen molar-refractivity contribution in [3.05, 3.63) is 35.9 Å². The van der Waals surface area contributed by atoms with Gasteiger partial charge in [0.15, 0.2) is 0 Å². The number of unbranched alkanes of at least 4 members (excludes halogenated alkanes) is 3. The minimum atomic E-state index is 0.703. The van der Waals surface area contributed by atoms with Gasteiger partial charge in [0, 0.05) is 13.1 Å². The highest BCUT2D eigenvalue weighted by Gasteiger charge is 2.29. The van der Waals surface area contributed by atoms with Crippen molar-refractivity contribution in [1.82, 2.24) is 10.2 Å². The van der Waals surface area contributed by atoms with Crippen LogP contribution in [-0.2, 0) is 0 Å². The molecule has 3 nitrogen and oxygen atoms in total. The number of hydrogen-bond donors (Lipinski definition) is 1. The summed E-state index contributed by atoms with van der Waals surface area (Å²) in [4.78, 5) is 2.52. The molecular weight excluding hydrogens is 366 g/mol. The van der Waals surface area contributed by atoms with E-state index in [0.717, 1.165) is 12.5 Å². The molecule has 1 aliphatic rings. The van der Waals surface area contributed by atoms with Crippen molar-refractivity contribution in [2.45, 2.75) is 71.6 Å². The summed E-state index contributed by atoms with van der Waals surface area (Å²) in [6.45, 7) is 17.2. The van der Waals surface area contributed by atoms with Gasteiger partial charge in [-0.05, 0) is 63.2 Å². The summed E-state index contributed by atoms with van der Waals surface area (Å²) in [6.07, 6.45) is 9.36. The Morgan fingerprint density at radius 1 is 0.900 bits per heavy atom. The van der Waals surface area contributed by atoms with Crippen LogP contribution in [0.15, 0.2) is 30.3 Å². The summed E-state index contributed by atoms with van der Waals surface area (Å²) in [7, 11) is 2.29. The summed E-state index contributed by atoms with van der Waals surface area (Å²) >= 11 is 0. The largest absolute Gasteiger partial charge is 0.323 e. The molecule has 0 aliphatic carbocycles. The van der Waals surface area contributed by atoms with E-state index in [1.807, 2.05) is 0 Å². The molecule has 0 saturated carbocycles. The monoisotopic (exact) mass is 416 g/mol. The van der Waals surface area contributed by atoms with Crippen molar-refractivity contribution in [2.75, 3.05) is 59.4 Å². The average Bonchev–Trinajstić information content (AvgIpc) is 2.78. The molecule has 0 spiro atoms. The van der Waals surface area contributed by atoms with Gasteiger partial charge in [0.25, 0.3) is 0 Å². The quantitative estimate of drug-likeness (QED) is 0.299. The summed E-state index contributed by atoms with van der Waals surface area (Å²) in [5.74, 6) is 1.42. The lowest BCUT2D eigenvalue weighted by atomic mass is 9.80. The zero-order chi connectivity index (χ0) is 21.7. The minimum Gasteiger partial charge on any atom is -0.323 e. The second-order valence-corrected chi connectivity index (χ2v) is 9.83. The van der Waals surface area contributed by atoms with Crippen LogP contribution in [0.5, 0.6) is 0 Å². The van der Waals surface area contributed by atoms with Gasteiger partial charge in [0.05, 0.1) is 26.2 Å². The first-order valence-corrected chi connectivity index (χ1v) is 12.9. The Labute approximate surface area is 187 Å². The number of piperidine rings is 1. The molecule has 1 fully saturated rings. The highest BCUT2D eigenvalue weighted by Crippen LogP contribution is 2.32. The lowest BCUT2D eigenvalue weighted by molar-refractivity contribution is -0.927. The maximum absolute atomic E-state index is 3.92. The van der Waals surface area contributed by atoms with Crippen LogP contribution in [-0.4, -0.2) is 68.8 Å². The SMILES string of the molecule is CCCC[N+](CCCC)(CCCC)CCNC[C@H]1CN(C)CC[C@@H]1c1ccccc1. The molecule has 1 aromatic carbocycles. The number of nitrogens with one attached hydrogen (secondary N) is 1. The fraction of sp³-hybridized carbons (Fsp3) is 0.778. The molecule has 1 saturated heterocycles. The standard InChI is InChI=1S/C27H50N3/c1-5-8-19-30(20-9-6-2,21-10-7-3)22-17-28-23-26-24-29(4)18-16-27(26)25-14-12-11-13-15-25/h11-15,26-28H,5-10,16-24H2,1-4H3/q+1/t26-,27+/m0/s1. The molecular formula is C27H50N3+. The fourth-order valence-corrected chi connectivity index (χ4v) is 5.31. The average molecular weight is 417 g/mol. The fourth-order valence-electron chi connectivity index (χ4n) is 5.31. The normalized spacial score (nSPS) is 20.5. The number of benzene rings is 1. The van der Waals surface area contributed by atoms with E-state index >= 15 is 0 Å². The molecule has 1 aliphatic heterocycles. The zero-order valence-electron chi connectivity index (χ0n) is 20.5. The van der Waals surface area contributed by atoms with Crippen LogP contribution in [0.1, 0.15) is 77.2 Å². The smallest absolute Gasteiger partial charge is 0.0913 e. The number of likely N-dealkylation sites (tertiary alicyclic amines) is 1. The van der Waals surface area contributed by atoms with Gasteiger partial charge in [-0.25, -0.2) is 0 Å². The van der Waals surface area contributed by atoms with Crippen molar-refractivity contribution in [1.29, 1.82) is 0 Å². The van der Waals surface area contributed by atoms with E-state index < -0.39 is 0 Å². The molecule has 2 atom stereocenters. The van der Waals surface area contributed by atoms with Gasteiger partial charge >= 0.3 is 0 Å². The van der Waals surface area contributed by atoms with Crippen molar-refractivity contribution in [2.24, 2.45) is 5.92 Å². The number of rotatable bonds is 15. The molecule has 1 aromatic rings. The van der Waals surface area contributed by atoms with E-state index in [1.54, 1.807) is 0 Å². The first-order chi connectivity index (χ1) is 14.6. The molecule has 0 bridgehead atoms. The number of quaternary nitrogens is 1. The first-order valence-electron chi connectivity index (χ1n) is 12.9. The highest BCUT2D eigenvalue weighted by molar-refractivity contribution is 5.21. The van der Waals surface area contributed by atoms with E-state index in [-0.39, 0.29) is 0 Å². The van der Waals surface area contributed by atoms with Gasteiger partial charge in [0.2, 0.25) is 0 Å². The summed E-state index contributed by atoms with van der Waals surface area (Å²) in [5, 5.41) is 3.92. The lowest BCUT2D eigenvalue weighted by Gasteiger charge is -2.40. The Balaban J connectivity index is 1.93. The molecule has 1 heterocycles. The van der Waals surface area contributed by atoms with E-state index in [9.17, 15) is 0 Å². The minimum absolute atomic E-state index is 0.703. The molecule has 0 unspecified atom stereocenters. The molecule has 2 rings (SSSR count). The van der Waals surface area contributed by atoms with Crippen molar-refractivity contribution in [3.63, 3.8) is 0 Å². The maximum Gasteiger partial charge on any atom is 0.0913 e. The molecule has 1 N–H and O–H groups in total. The van der Waals surface area contributed by atoms with E-state index in [2.05, 4.69) is 68.4 Å². The van der Waals surface area contributed by atoms with E-state index in [1.165, 1.54) is 101 Å². The van der Waals surface area contributed by atoms with Crippen LogP contribution >= 0.6 is 0 Å². The number of nitrogens with zero attached hydrogens (tertiary/aromatic N) is 2. The van der Waals surface area contributed by atoms with Crippen LogP contribution < -0.4 is 5.32 Å². The van der Waals surface area contributed by atoms with Crippen LogP contribution in [0.3, 0.4) is 0 Å². The van der Waals surface area contributed by atoms with Crippen LogP contribution in [0.4, 0.5) is 0 Å². The predicted molar refractivity (Wildman–Crippen MR) is 132 cm³/mol. The number of hydrogen-bond acceptors (Lipinski definition) is 2. The van der Waals surface area contributed by atoms with Crippen molar-refractivity contribution < 1.29 is 4.48 Å². The van der Waals surface area contributed by atoms with Crippen LogP contribution in [0.25, 0.3) is 0 Å². The van der Waals surface area contributed by atoms with Crippen molar-refractivity contribution in [3.8, 4) is 0 Å². The third-order valence-electron chi connectivity index (χ3n) is 7.29. The topological polar surface area (TPSA) is 15.3 Å². The van der Waals surface area contributed by atoms with Crippen LogP contribution in [0.2, 0.25) is 0 Å². The van der Waals surface area contributed by atoms with E-state index in [4.69, 9.17) is 0 Å². The predicted octanol–water partition coefficient (Wildman–Crippen LogP) is 5.53. The van der Waals surface area contributed by atoms with Crippen LogP contribution in [0, 0.1) is 5.92 Å². The molecule has 0 radical (unpaired) electrons. The van der Waals surface area contributed by atoms with Gasteiger partial charge in [-0.1, -0.05) is 70.4 Å². The second kappa shape index (κ2) is 14.2. The molecule has 30 heavy (non-hydrogen) atoms. The van der Waals surface area contributed by atoms with Gasteiger partial charge in [-0.2, -0.15) is 0 Å². The first kappa shape index (κ1) is 25.4. The third-order valence-corrected chi connectivity index (χ3v) is 7.29. The lowest BCUT2D eigenvalue weighted by Crippen LogP contribution is -2.53. The Hall–Kier alpha value is -0.900. The Kier molecular flexibility index (Phi) is 12.0. The van der Waals surface area contributed by atoms with Gasteiger partial charge in [-0.3, -0.25) is 0 Å². The molecule has 0 amide bonds. The molecule has 172 valence electrons. The highest BCUT2D eigenvalue weighted by atomic mass is 15.4. The van der Waals surface area contributed by atoms with Crippen molar-refractivity contribution >= 4 is 0 Å². The molecule has 3 heteroatoms. The zero-order valence-corrected chi connectivity index (χ0v) is 20.5. The Bertz CT molecular complexity index is 523. The maximum atomic E-state index is 3.92. The third kappa shape index (κ3) is 8.32. The summed E-state index contributed by atoms with van der Waals surface area (Å²) in [6, 6.07) is 11.2.